The second-order valence-corrected chi connectivity index (χ2v) is 6.11. The van der Waals surface area contributed by atoms with E-state index in [-0.39, 0.29) is 18.0 Å². The minimum Gasteiger partial charge on any atom is -0.495 e. The lowest BCUT2D eigenvalue weighted by Gasteiger charge is -2.12. The molecule has 0 aliphatic rings. The normalized spacial score (nSPS) is 10.4. The lowest BCUT2D eigenvalue weighted by Crippen LogP contribution is -2.32. The number of nitrogens with zero attached hydrogens (tertiary/aromatic N) is 1. The number of aromatic nitrogens is 1. The molecule has 3 aromatic rings. The standard InChI is InChI=1S/C21H19FN2O4/c1-14-5-10-19(27-2)18(12-14)23-20(25)17-4-3-11-24(21(17)26)28-13-15-6-8-16(22)9-7-15/h3-12H,13H2,1-2H3,(H,23,25). The molecule has 28 heavy (non-hydrogen) atoms. The molecule has 1 N–H and O–H groups in total. The van der Waals surface area contributed by atoms with Crippen molar-refractivity contribution in [3.8, 4) is 5.75 Å². The van der Waals surface area contributed by atoms with Crippen LogP contribution in [-0.4, -0.2) is 17.7 Å². The number of amides is 1. The quantitative estimate of drug-likeness (QED) is 0.711. The van der Waals surface area contributed by atoms with Crippen LogP contribution in [0.15, 0.2) is 65.6 Å². The number of carbonyl (C=O) groups is 1. The maximum atomic E-state index is 13.0. The van der Waals surface area contributed by atoms with Crippen LogP contribution in [0.4, 0.5) is 10.1 Å². The second-order valence-electron chi connectivity index (χ2n) is 6.11. The number of carbonyl (C=O) groups excluding carboxylic acids is 1. The largest absolute Gasteiger partial charge is 0.495 e. The molecule has 1 aromatic heterocycles. The zero-order valence-corrected chi connectivity index (χ0v) is 15.4. The van der Waals surface area contributed by atoms with Gasteiger partial charge >= 0.3 is 0 Å². The summed E-state index contributed by atoms with van der Waals surface area (Å²) >= 11 is 0. The van der Waals surface area contributed by atoms with Gasteiger partial charge in [-0.25, -0.2) is 4.39 Å². The molecule has 0 spiro atoms. The van der Waals surface area contributed by atoms with Crippen LogP contribution >= 0.6 is 0 Å². The Morgan fingerprint density at radius 3 is 2.61 bits per heavy atom. The molecule has 0 aliphatic heterocycles. The average molecular weight is 382 g/mol. The van der Waals surface area contributed by atoms with Crippen molar-refractivity contribution in [1.29, 1.82) is 0 Å². The molecule has 7 heteroatoms. The summed E-state index contributed by atoms with van der Waals surface area (Å²) in [7, 11) is 1.50. The molecule has 0 bridgehead atoms. The number of halogens is 1. The predicted octanol–water partition coefficient (Wildman–Crippen LogP) is 3.19. The van der Waals surface area contributed by atoms with Gasteiger partial charge < -0.3 is 14.9 Å². The minimum absolute atomic E-state index is 0.0525. The Kier molecular flexibility index (Phi) is 5.74. The molecule has 144 valence electrons. The molecule has 2 aromatic carbocycles. The first-order valence-electron chi connectivity index (χ1n) is 8.53. The number of hydrogen-bond donors (Lipinski definition) is 1. The van der Waals surface area contributed by atoms with Crippen LogP contribution in [0.2, 0.25) is 0 Å². The molecule has 6 nitrogen and oxygen atoms in total. The summed E-state index contributed by atoms with van der Waals surface area (Å²) in [5.74, 6) is -0.442. The van der Waals surface area contributed by atoms with Gasteiger partial charge in [-0.2, -0.15) is 4.73 Å². The van der Waals surface area contributed by atoms with Crippen molar-refractivity contribution in [3.63, 3.8) is 0 Å². The van der Waals surface area contributed by atoms with Gasteiger partial charge in [0.25, 0.3) is 11.5 Å². The van der Waals surface area contributed by atoms with Gasteiger partial charge in [0.2, 0.25) is 0 Å². The van der Waals surface area contributed by atoms with Crippen LogP contribution in [0.1, 0.15) is 21.5 Å². The average Bonchev–Trinajstić information content (AvgIpc) is 2.68. The third-order valence-corrected chi connectivity index (χ3v) is 4.05. The summed E-state index contributed by atoms with van der Waals surface area (Å²) in [6, 6.07) is 14.0. The highest BCUT2D eigenvalue weighted by Gasteiger charge is 2.15. The highest BCUT2D eigenvalue weighted by atomic mass is 19.1. The van der Waals surface area contributed by atoms with Gasteiger partial charge in [0.15, 0.2) is 0 Å². The number of hydrogen-bond acceptors (Lipinski definition) is 4. The highest BCUT2D eigenvalue weighted by Crippen LogP contribution is 2.25. The van der Waals surface area contributed by atoms with Crippen LogP contribution in [0.25, 0.3) is 0 Å². The lowest BCUT2D eigenvalue weighted by molar-refractivity contribution is 0.0863. The molecule has 0 saturated carbocycles. The Morgan fingerprint density at radius 1 is 1.14 bits per heavy atom. The Morgan fingerprint density at radius 2 is 1.89 bits per heavy atom. The van der Waals surface area contributed by atoms with Crippen LogP contribution in [0.3, 0.4) is 0 Å². The molecule has 0 saturated heterocycles. The number of anilines is 1. The molecule has 1 amide bonds. The summed E-state index contributed by atoms with van der Waals surface area (Å²) in [6.07, 6.45) is 1.41. The van der Waals surface area contributed by atoms with Crippen LogP contribution in [-0.2, 0) is 6.61 Å². The van der Waals surface area contributed by atoms with Gasteiger partial charge in [-0.05, 0) is 54.4 Å². The molecular weight excluding hydrogens is 363 g/mol. The molecule has 0 aliphatic carbocycles. The number of aryl methyl sites for hydroxylation is 1. The smallest absolute Gasteiger partial charge is 0.295 e. The maximum Gasteiger partial charge on any atom is 0.295 e. The van der Waals surface area contributed by atoms with E-state index < -0.39 is 11.5 Å². The zero-order chi connectivity index (χ0) is 20.1. The zero-order valence-electron chi connectivity index (χ0n) is 15.4. The Labute approximate surface area is 161 Å². The fraction of sp³-hybridized carbons (Fsp3) is 0.143. The van der Waals surface area contributed by atoms with Gasteiger partial charge in [0, 0.05) is 6.20 Å². The third-order valence-electron chi connectivity index (χ3n) is 4.05. The lowest BCUT2D eigenvalue weighted by atomic mass is 10.2. The van der Waals surface area contributed by atoms with Gasteiger partial charge in [-0.15, -0.1) is 0 Å². The van der Waals surface area contributed by atoms with Crippen molar-refractivity contribution in [1.82, 2.24) is 4.73 Å². The van der Waals surface area contributed by atoms with Gasteiger partial charge in [-0.3, -0.25) is 9.59 Å². The highest BCUT2D eigenvalue weighted by molar-refractivity contribution is 6.04. The molecule has 0 radical (unpaired) electrons. The molecule has 3 rings (SSSR count). The van der Waals surface area contributed by atoms with Crippen LogP contribution < -0.4 is 20.5 Å². The van der Waals surface area contributed by atoms with E-state index in [0.717, 1.165) is 10.3 Å². The number of nitrogens with one attached hydrogen (secondary N) is 1. The second kappa shape index (κ2) is 8.39. The first kappa shape index (κ1) is 19.2. The topological polar surface area (TPSA) is 69.6 Å². The summed E-state index contributed by atoms with van der Waals surface area (Å²) in [5, 5.41) is 2.69. The first-order valence-corrected chi connectivity index (χ1v) is 8.53. The van der Waals surface area contributed by atoms with E-state index >= 15 is 0 Å². The summed E-state index contributed by atoms with van der Waals surface area (Å²) < 4.78 is 19.2. The van der Waals surface area contributed by atoms with E-state index in [1.165, 1.54) is 37.6 Å². The van der Waals surface area contributed by atoms with Crippen molar-refractivity contribution in [2.24, 2.45) is 0 Å². The van der Waals surface area contributed by atoms with E-state index in [1.54, 1.807) is 24.3 Å². The SMILES string of the molecule is COc1ccc(C)cc1NC(=O)c1cccn(OCc2ccc(F)cc2)c1=O. The van der Waals surface area contributed by atoms with E-state index in [4.69, 9.17) is 9.57 Å². The van der Waals surface area contributed by atoms with Gasteiger partial charge in [0.1, 0.15) is 23.7 Å². The van der Waals surface area contributed by atoms with Crippen molar-refractivity contribution in [3.05, 3.63) is 93.7 Å². The third kappa shape index (κ3) is 4.37. The molecular formula is C21H19FN2O4. The summed E-state index contributed by atoms with van der Waals surface area (Å²) in [4.78, 5) is 30.6. The fourth-order valence-corrected chi connectivity index (χ4v) is 2.58. The van der Waals surface area contributed by atoms with E-state index in [0.29, 0.717) is 17.0 Å². The van der Waals surface area contributed by atoms with Crippen LogP contribution in [0, 0.1) is 12.7 Å². The maximum absolute atomic E-state index is 13.0. The minimum atomic E-state index is -0.603. The molecule has 0 unspecified atom stereocenters. The van der Waals surface area contributed by atoms with Gasteiger partial charge in [-0.1, -0.05) is 18.2 Å². The number of benzene rings is 2. The molecule has 0 atom stereocenters. The Hall–Kier alpha value is -3.61. The Balaban J connectivity index is 1.78. The summed E-state index contributed by atoms with van der Waals surface area (Å²) in [5.41, 5.74) is 1.41. The number of methoxy groups -OCH3 is 1. The Bertz CT molecular complexity index is 1050. The number of ether oxygens (including phenoxy) is 1. The fourth-order valence-electron chi connectivity index (χ4n) is 2.58. The van der Waals surface area contributed by atoms with Crippen molar-refractivity contribution in [2.45, 2.75) is 13.5 Å². The number of rotatable bonds is 6. The molecule has 1 heterocycles. The van der Waals surface area contributed by atoms with Crippen molar-refractivity contribution >= 4 is 11.6 Å². The van der Waals surface area contributed by atoms with E-state index in [1.807, 2.05) is 13.0 Å². The first-order chi connectivity index (χ1) is 13.5. The van der Waals surface area contributed by atoms with Crippen molar-refractivity contribution in [2.75, 3.05) is 12.4 Å². The van der Waals surface area contributed by atoms with Crippen molar-refractivity contribution < 1.29 is 18.8 Å². The monoisotopic (exact) mass is 382 g/mol. The molecule has 0 fully saturated rings. The predicted molar refractivity (Wildman–Crippen MR) is 103 cm³/mol. The van der Waals surface area contributed by atoms with Crippen LogP contribution in [0.5, 0.6) is 5.75 Å². The number of pyridine rings is 1. The van der Waals surface area contributed by atoms with E-state index in [2.05, 4.69) is 5.32 Å². The van der Waals surface area contributed by atoms with E-state index in [9.17, 15) is 14.0 Å². The van der Waals surface area contributed by atoms with Gasteiger partial charge in [0.05, 0.1) is 12.8 Å². The summed E-state index contributed by atoms with van der Waals surface area (Å²) in [6.45, 7) is 1.94.